The summed E-state index contributed by atoms with van der Waals surface area (Å²) in [7, 11) is -4.61. The highest BCUT2D eigenvalue weighted by molar-refractivity contribution is 7.89. The molecule has 0 aliphatic carbocycles. The first-order chi connectivity index (χ1) is 13.0. The van der Waals surface area contributed by atoms with Gasteiger partial charge in [-0.3, -0.25) is 0 Å². The van der Waals surface area contributed by atoms with Crippen LogP contribution in [-0.4, -0.2) is 40.0 Å². The van der Waals surface area contributed by atoms with Gasteiger partial charge in [0.25, 0.3) is 10.0 Å². The third kappa shape index (κ3) is 3.72. The predicted octanol–water partition coefficient (Wildman–Crippen LogP) is 3.49. The van der Waals surface area contributed by atoms with Crippen LogP contribution in [0.3, 0.4) is 0 Å². The van der Waals surface area contributed by atoms with Crippen LogP contribution in [0.5, 0.6) is 0 Å². The number of hydrogen-bond donors (Lipinski definition) is 0. The molecule has 150 valence electrons. The van der Waals surface area contributed by atoms with Gasteiger partial charge < -0.3 is 0 Å². The number of benzene rings is 1. The van der Waals surface area contributed by atoms with Crippen molar-refractivity contribution in [1.82, 2.24) is 18.9 Å². The molecule has 0 aliphatic rings. The van der Waals surface area contributed by atoms with Crippen LogP contribution >= 0.6 is 0 Å². The predicted molar refractivity (Wildman–Crippen MR) is 92.5 cm³/mol. The molecule has 3 aromatic rings. The number of rotatable bonds is 5. The maximum absolute atomic E-state index is 13.8. The van der Waals surface area contributed by atoms with E-state index in [0.717, 1.165) is 30.3 Å². The number of sulfonamides is 1. The van der Waals surface area contributed by atoms with E-state index in [-0.39, 0.29) is 5.56 Å². The number of aromatic nitrogens is 3. The Bertz CT molecular complexity index is 1090. The van der Waals surface area contributed by atoms with Crippen molar-refractivity contribution in [2.24, 2.45) is 0 Å². The van der Waals surface area contributed by atoms with Crippen molar-refractivity contribution in [2.45, 2.75) is 31.1 Å². The Kier molecular flexibility index (Phi) is 5.15. The summed E-state index contributed by atoms with van der Waals surface area (Å²) in [6.45, 7) is 2.50. The maximum atomic E-state index is 13.8. The van der Waals surface area contributed by atoms with Crippen molar-refractivity contribution in [1.29, 1.82) is 0 Å². The second-order valence-electron chi connectivity index (χ2n) is 6.06. The summed E-state index contributed by atoms with van der Waals surface area (Å²) < 4.78 is 82.1. The SMILES string of the molecule is CCN([C@H](c1ccc(F)cc1)C(F)(F)F)S(=O)(=O)c1ccc2nc(C)cn2n1. The zero-order valence-corrected chi connectivity index (χ0v) is 15.7. The number of halogens is 4. The Morgan fingerprint density at radius 2 is 1.79 bits per heavy atom. The van der Waals surface area contributed by atoms with Crippen LogP contribution in [0.2, 0.25) is 0 Å². The van der Waals surface area contributed by atoms with Gasteiger partial charge in [0.1, 0.15) is 11.9 Å². The molecule has 0 aliphatic heterocycles. The third-order valence-corrected chi connectivity index (χ3v) is 5.92. The fourth-order valence-corrected chi connectivity index (χ4v) is 4.43. The first-order valence-corrected chi connectivity index (χ1v) is 9.65. The summed E-state index contributed by atoms with van der Waals surface area (Å²) in [4.78, 5) is 4.11. The lowest BCUT2D eigenvalue weighted by molar-refractivity contribution is -0.173. The van der Waals surface area contributed by atoms with Crippen LogP contribution in [0, 0.1) is 12.7 Å². The van der Waals surface area contributed by atoms with Gasteiger partial charge in [0.15, 0.2) is 10.7 Å². The van der Waals surface area contributed by atoms with Crippen LogP contribution in [0.1, 0.15) is 24.2 Å². The normalized spacial score (nSPS) is 14.0. The molecule has 3 rings (SSSR count). The Morgan fingerprint density at radius 3 is 2.36 bits per heavy atom. The topological polar surface area (TPSA) is 67.6 Å². The molecule has 11 heteroatoms. The van der Waals surface area contributed by atoms with Crippen molar-refractivity contribution in [3.05, 3.63) is 59.7 Å². The summed E-state index contributed by atoms with van der Waals surface area (Å²) in [5, 5.41) is 3.36. The van der Waals surface area contributed by atoms with E-state index in [9.17, 15) is 26.0 Å². The molecule has 0 amide bonds. The summed E-state index contributed by atoms with van der Waals surface area (Å²) in [6, 6.07) is 3.53. The van der Waals surface area contributed by atoms with E-state index >= 15 is 0 Å². The van der Waals surface area contributed by atoms with Gasteiger partial charge in [-0.05, 0) is 36.8 Å². The van der Waals surface area contributed by atoms with Crippen molar-refractivity contribution in [3.63, 3.8) is 0 Å². The zero-order chi connectivity index (χ0) is 20.7. The molecule has 6 nitrogen and oxygen atoms in total. The van der Waals surface area contributed by atoms with Crippen molar-refractivity contribution < 1.29 is 26.0 Å². The van der Waals surface area contributed by atoms with Crippen molar-refractivity contribution in [2.75, 3.05) is 6.54 Å². The van der Waals surface area contributed by atoms with Gasteiger partial charge in [0.05, 0.1) is 11.9 Å². The molecule has 0 saturated carbocycles. The standard InChI is InChI=1S/C17H16F4N4O2S/c1-3-25(16(17(19,20)21)12-4-6-13(18)7-5-12)28(26,27)15-9-8-14-22-11(2)10-24(14)23-15/h4-10,16H,3H2,1-2H3/t16-/m1/s1. The van der Waals surface area contributed by atoms with Gasteiger partial charge in [-0.1, -0.05) is 19.1 Å². The number of aryl methyl sites for hydroxylation is 1. The van der Waals surface area contributed by atoms with Gasteiger partial charge in [0, 0.05) is 6.54 Å². The molecule has 0 fully saturated rings. The third-order valence-electron chi connectivity index (χ3n) is 4.08. The summed E-state index contributed by atoms with van der Waals surface area (Å²) in [5.41, 5.74) is 0.554. The summed E-state index contributed by atoms with van der Waals surface area (Å²) in [6.07, 6.45) is -3.46. The zero-order valence-electron chi connectivity index (χ0n) is 14.9. The minimum Gasteiger partial charge on any atom is -0.232 e. The highest BCUT2D eigenvalue weighted by Gasteiger charge is 2.49. The van der Waals surface area contributed by atoms with Gasteiger partial charge >= 0.3 is 6.18 Å². The first kappa shape index (κ1) is 20.2. The Hall–Kier alpha value is -2.53. The second kappa shape index (κ2) is 7.13. The lowest BCUT2D eigenvalue weighted by Gasteiger charge is -2.31. The second-order valence-corrected chi connectivity index (χ2v) is 7.90. The lowest BCUT2D eigenvalue weighted by Crippen LogP contribution is -2.42. The van der Waals surface area contributed by atoms with Gasteiger partial charge in [-0.25, -0.2) is 22.3 Å². The molecule has 28 heavy (non-hydrogen) atoms. The van der Waals surface area contributed by atoms with Gasteiger partial charge in [0.2, 0.25) is 0 Å². The van der Waals surface area contributed by atoms with Crippen LogP contribution in [0.15, 0.2) is 47.6 Å². The number of imidazole rings is 1. The average Bonchev–Trinajstić information content (AvgIpc) is 2.98. The highest BCUT2D eigenvalue weighted by Crippen LogP contribution is 2.40. The van der Waals surface area contributed by atoms with Crippen LogP contribution in [0.25, 0.3) is 5.65 Å². The molecule has 0 N–H and O–H groups in total. The quantitative estimate of drug-likeness (QED) is 0.597. The summed E-state index contributed by atoms with van der Waals surface area (Å²) in [5.74, 6) is -0.724. The van der Waals surface area contributed by atoms with E-state index in [1.807, 2.05) is 0 Å². The molecular weight excluding hydrogens is 400 g/mol. The molecule has 2 heterocycles. The fourth-order valence-electron chi connectivity index (χ4n) is 2.90. The molecule has 1 atom stereocenters. The average molecular weight is 416 g/mol. The Morgan fingerprint density at radius 1 is 1.14 bits per heavy atom. The Labute approximate surface area is 158 Å². The van der Waals surface area contributed by atoms with E-state index in [0.29, 0.717) is 15.6 Å². The van der Waals surface area contributed by atoms with E-state index in [1.165, 1.54) is 23.7 Å². The van der Waals surface area contributed by atoms with E-state index in [1.54, 1.807) is 6.92 Å². The van der Waals surface area contributed by atoms with Crippen LogP contribution in [-0.2, 0) is 10.0 Å². The molecular formula is C17H16F4N4O2S. The molecule has 0 spiro atoms. The van der Waals surface area contributed by atoms with Gasteiger partial charge in [-0.2, -0.15) is 22.6 Å². The Balaban J connectivity index is 2.12. The van der Waals surface area contributed by atoms with Crippen molar-refractivity contribution in [3.8, 4) is 0 Å². The molecule has 0 radical (unpaired) electrons. The number of alkyl halides is 3. The number of nitrogens with zero attached hydrogens (tertiary/aromatic N) is 4. The molecule has 2 aromatic heterocycles. The van der Waals surface area contributed by atoms with E-state index in [4.69, 9.17) is 0 Å². The smallest absolute Gasteiger partial charge is 0.232 e. The van der Waals surface area contributed by atoms with Crippen LogP contribution < -0.4 is 0 Å². The molecule has 0 unspecified atom stereocenters. The molecule has 0 saturated heterocycles. The minimum absolute atomic E-state index is 0.304. The largest absolute Gasteiger partial charge is 0.409 e. The van der Waals surface area contributed by atoms with E-state index in [2.05, 4.69) is 10.1 Å². The van der Waals surface area contributed by atoms with Crippen molar-refractivity contribution >= 4 is 15.7 Å². The molecule has 1 aromatic carbocycles. The summed E-state index contributed by atoms with van der Waals surface area (Å²) >= 11 is 0. The minimum atomic E-state index is -4.92. The van der Waals surface area contributed by atoms with Gasteiger partial charge in [-0.15, -0.1) is 0 Å². The number of hydrogen-bond acceptors (Lipinski definition) is 4. The maximum Gasteiger partial charge on any atom is 0.409 e. The van der Waals surface area contributed by atoms with E-state index < -0.39 is 39.6 Å². The van der Waals surface area contributed by atoms with Crippen LogP contribution in [0.4, 0.5) is 17.6 Å². The lowest BCUT2D eigenvalue weighted by atomic mass is 10.1. The molecule has 0 bridgehead atoms. The first-order valence-electron chi connectivity index (χ1n) is 8.21. The highest BCUT2D eigenvalue weighted by atomic mass is 32.2. The fraction of sp³-hybridized carbons (Fsp3) is 0.294. The monoisotopic (exact) mass is 416 g/mol. The number of fused-ring (bicyclic) bond motifs is 1.